The number of aliphatic carboxylic acids is 1. The van der Waals surface area contributed by atoms with E-state index in [-0.39, 0.29) is 24.7 Å². The van der Waals surface area contributed by atoms with Crippen molar-refractivity contribution in [3.63, 3.8) is 0 Å². The molecule has 1 aromatic heterocycles. The Labute approximate surface area is 163 Å². The first-order chi connectivity index (χ1) is 13.4. The number of carboxylic acid groups (broad SMARTS) is 1. The lowest BCUT2D eigenvalue weighted by Crippen LogP contribution is -2.43. The van der Waals surface area contributed by atoms with Gasteiger partial charge >= 0.3 is 5.97 Å². The largest absolute Gasteiger partial charge is 0.481 e. The summed E-state index contributed by atoms with van der Waals surface area (Å²) in [6.45, 7) is 0.401. The summed E-state index contributed by atoms with van der Waals surface area (Å²) in [6, 6.07) is 11.7. The summed E-state index contributed by atoms with van der Waals surface area (Å²) in [5.41, 5.74) is 1.11. The molecule has 0 aliphatic carbocycles. The summed E-state index contributed by atoms with van der Waals surface area (Å²) in [4.78, 5) is 41.4. The van der Waals surface area contributed by atoms with Crippen molar-refractivity contribution in [2.24, 2.45) is 0 Å². The molecule has 2 heterocycles. The molecule has 2 N–H and O–H groups in total. The van der Waals surface area contributed by atoms with Crippen molar-refractivity contribution in [3.8, 4) is 0 Å². The average molecular weight is 383 g/mol. The van der Waals surface area contributed by atoms with Crippen LogP contribution in [-0.2, 0) is 20.9 Å². The highest BCUT2D eigenvalue weighted by molar-refractivity contribution is 5.81. The first kappa shape index (κ1) is 19.8. The predicted octanol–water partition coefficient (Wildman–Crippen LogP) is 2.49. The van der Waals surface area contributed by atoms with E-state index < -0.39 is 11.5 Å². The van der Waals surface area contributed by atoms with E-state index >= 15 is 0 Å². The van der Waals surface area contributed by atoms with Gasteiger partial charge in [0.2, 0.25) is 11.8 Å². The van der Waals surface area contributed by atoms with Crippen molar-refractivity contribution >= 4 is 28.7 Å². The van der Waals surface area contributed by atoms with Crippen LogP contribution in [0.4, 0.5) is 0 Å². The molecule has 0 bridgehead atoms. The average Bonchev–Trinajstić information content (AvgIpc) is 3.05. The highest BCUT2D eigenvalue weighted by Gasteiger charge is 2.38. The van der Waals surface area contributed by atoms with Gasteiger partial charge in [-0.05, 0) is 31.4 Å². The molecule has 28 heavy (non-hydrogen) atoms. The molecule has 148 valence electrons. The molecule has 1 aliphatic rings. The number of aromatic nitrogens is 1. The third kappa shape index (κ3) is 4.85. The molecule has 1 aliphatic heterocycles. The quantitative estimate of drug-likeness (QED) is 0.730. The Morgan fingerprint density at radius 1 is 1.18 bits per heavy atom. The molecule has 3 rings (SSSR count). The van der Waals surface area contributed by atoms with Crippen molar-refractivity contribution in [2.75, 3.05) is 7.05 Å². The van der Waals surface area contributed by atoms with Crippen LogP contribution in [0.15, 0.2) is 36.4 Å². The zero-order valence-corrected chi connectivity index (χ0v) is 16.0. The molecular weight excluding hydrogens is 358 g/mol. The molecule has 1 unspecified atom stereocenters. The molecule has 2 amide bonds. The number of benzene rings is 1. The number of hydrogen-bond acceptors (Lipinski definition) is 4. The standard InChI is InChI=1S/C21H25N3O4/c1-24(14-16-7-6-15-4-2-3-5-17(15)22-16)19(26)9-12-21(13-10-20(27)28)11-8-18(25)23-21/h2-7H,8-14H2,1H3,(H,23,25)(H,27,28). The van der Waals surface area contributed by atoms with Crippen LogP contribution in [0, 0.1) is 0 Å². The topological polar surface area (TPSA) is 99.6 Å². The molecule has 2 aromatic rings. The van der Waals surface area contributed by atoms with E-state index in [0.29, 0.717) is 32.2 Å². The monoisotopic (exact) mass is 383 g/mol. The SMILES string of the molecule is CN(Cc1ccc2ccccc2n1)C(=O)CCC1(CCC(=O)O)CCC(=O)N1. The van der Waals surface area contributed by atoms with E-state index in [1.165, 1.54) is 0 Å². The summed E-state index contributed by atoms with van der Waals surface area (Å²) in [7, 11) is 1.73. The molecular formula is C21H25N3O4. The van der Waals surface area contributed by atoms with Crippen LogP contribution in [0.5, 0.6) is 0 Å². The van der Waals surface area contributed by atoms with Gasteiger partial charge in [0.25, 0.3) is 0 Å². The van der Waals surface area contributed by atoms with Crippen LogP contribution >= 0.6 is 0 Å². The van der Waals surface area contributed by atoms with Gasteiger partial charge in [-0.3, -0.25) is 19.4 Å². The van der Waals surface area contributed by atoms with Crippen LogP contribution in [0.2, 0.25) is 0 Å². The van der Waals surface area contributed by atoms with Crippen molar-refractivity contribution in [1.82, 2.24) is 15.2 Å². The van der Waals surface area contributed by atoms with Gasteiger partial charge in [-0.15, -0.1) is 0 Å². The number of carbonyl (C=O) groups is 3. The van der Waals surface area contributed by atoms with Gasteiger partial charge in [0.1, 0.15) is 0 Å². The van der Waals surface area contributed by atoms with Gasteiger partial charge in [-0.25, -0.2) is 0 Å². The maximum atomic E-state index is 12.6. The van der Waals surface area contributed by atoms with Gasteiger partial charge in [-0.1, -0.05) is 24.3 Å². The van der Waals surface area contributed by atoms with Crippen LogP contribution in [0.3, 0.4) is 0 Å². The number of carboxylic acids is 1. The zero-order valence-electron chi connectivity index (χ0n) is 16.0. The number of carbonyl (C=O) groups excluding carboxylic acids is 2. The Kier molecular flexibility index (Phi) is 5.92. The second kappa shape index (κ2) is 8.37. The van der Waals surface area contributed by atoms with Crippen LogP contribution in [0.25, 0.3) is 10.9 Å². The Bertz CT molecular complexity index is 898. The van der Waals surface area contributed by atoms with Crippen LogP contribution in [0.1, 0.15) is 44.2 Å². The molecule has 0 spiro atoms. The fourth-order valence-electron chi connectivity index (χ4n) is 3.68. The Balaban J connectivity index is 1.59. The van der Waals surface area contributed by atoms with E-state index in [9.17, 15) is 14.4 Å². The number of pyridine rings is 1. The fraction of sp³-hybridized carbons (Fsp3) is 0.429. The summed E-state index contributed by atoms with van der Waals surface area (Å²) >= 11 is 0. The predicted molar refractivity (Wildman–Crippen MR) is 104 cm³/mol. The number of hydrogen-bond donors (Lipinski definition) is 2. The second-order valence-electron chi connectivity index (χ2n) is 7.47. The first-order valence-electron chi connectivity index (χ1n) is 9.48. The lowest BCUT2D eigenvalue weighted by Gasteiger charge is -2.29. The Morgan fingerprint density at radius 3 is 2.64 bits per heavy atom. The van der Waals surface area contributed by atoms with Crippen molar-refractivity contribution in [2.45, 2.75) is 50.6 Å². The normalized spacial score (nSPS) is 18.8. The zero-order chi connectivity index (χ0) is 20.1. The van der Waals surface area contributed by atoms with E-state index in [4.69, 9.17) is 5.11 Å². The third-order valence-corrected chi connectivity index (χ3v) is 5.35. The summed E-state index contributed by atoms with van der Waals surface area (Å²) in [6.07, 6.45) is 1.97. The molecule has 7 heteroatoms. The minimum Gasteiger partial charge on any atom is -0.481 e. The summed E-state index contributed by atoms with van der Waals surface area (Å²) < 4.78 is 0. The van der Waals surface area contributed by atoms with Gasteiger partial charge in [-0.2, -0.15) is 0 Å². The van der Waals surface area contributed by atoms with Gasteiger partial charge < -0.3 is 15.3 Å². The van der Waals surface area contributed by atoms with E-state index in [2.05, 4.69) is 10.3 Å². The van der Waals surface area contributed by atoms with Crippen LogP contribution < -0.4 is 5.32 Å². The van der Waals surface area contributed by atoms with Crippen molar-refractivity contribution < 1.29 is 19.5 Å². The minimum absolute atomic E-state index is 0.0225. The van der Waals surface area contributed by atoms with E-state index in [1.54, 1.807) is 11.9 Å². The van der Waals surface area contributed by atoms with Crippen molar-refractivity contribution in [3.05, 3.63) is 42.1 Å². The van der Waals surface area contributed by atoms with E-state index in [1.807, 2.05) is 36.4 Å². The first-order valence-corrected chi connectivity index (χ1v) is 9.48. The molecule has 0 saturated carbocycles. The van der Waals surface area contributed by atoms with E-state index in [0.717, 1.165) is 16.6 Å². The molecule has 7 nitrogen and oxygen atoms in total. The smallest absolute Gasteiger partial charge is 0.303 e. The van der Waals surface area contributed by atoms with Crippen molar-refractivity contribution in [1.29, 1.82) is 0 Å². The molecule has 1 atom stereocenters. The number of fused-ring (bicyclic) bond motifs is 1. The highest BCUT2D eigenvalue weighted by atomic mass is 16.4. The van der Waals surface area contributed by atoms with Gasteiger partial charge in [0.05, 0.1) is 17.8 Å². The lowest BCUT2D eigenvalue weighted by atomic mass is 9.86. The summed E-state index contributed by atoms with van der Waals surface area (Å²) in [5, 5.41) is 12.9. The van der Waals surface area contributed by atoms with Gasteiger partial charge in [0, 0.05) is 37.2 Å². The number of rotatable bonds is 8. The third-order valence-electron chi connectivity index (χ3n) is 5.35. The number of nitrogens with zero attached hydrogens (tertiary/aromatic N) is 2. The molecule has 1 aromatic carbocycles. The maximum Gasteiger partial charge on any atom is 0.303 e. The number of amides is 2. The van der Waals surface area contributed by atoms with Crippen LogP contribution in [-0.4, -0.2) is 45.4 Å². The summed E-state index contributed by atoms with van der Waals surface area (Å²) in [5.74, 6) is -1.02. The molecule has 1 saturated heterocycles. The molecule has 0 radical (unpaired) electrons. The highest BCUT2D eigenvalue weighted by Crippen LogP contribution is 2.30. The number of para-hydroxylation sites is 1. The Hall–Kier alpha value is -2.96. The second-order valence-corrected chi connectivity index (χ2v) is 7.47. The lowest BCUT2D eigenvalue weighted by molar-refractivity contribution is -0.137. The molecule has 1 fully saturated rings. The maximum absolute atomic E-state index is 12.6. The van der Waals surface area contributed by atoms with Gasteiger partial charge in [0.15, 0.2) is 0 Å². The minimum atomic E-state index is -0.897. The Morgan fingerprint density at radius 2 is 1.93 bits per heavy atom. The number of nitrogens with one attached hydrogen (secondary N) is 1. The fourth-order valence-corrected chi connectivity index (χ4v) is 3.68.